The van der Waals surface area contributed by atoms with E-state index in [4.69, 9.17) is 11.2 Å². The lowest BCUT2D eigenvalue weighted by atomic mass is 10.0. The Hall–Kier alpha value is -3.10. The summed E-state index contributed by atoms with van der Waals surface area (Å²) in [5.41, 5.74) is 4.84. The summed E-state index contributed by atoms with van der Waals surface area (Å²) < 4.78 is 7.40. The molecule has 1 aromatic heterocycles. The van der Waals surface area contributed by atoms with Crippen LogP contribution >= 0.6 is 38.5 Å². The van der Waals surface area contributed by atoms with Crippen LogP contribution in [0, 0.1) is 15.9 Å². The Bertz CT molecular complexity index is 1230. The highest BCUT2D eigenvalue weighted by molar-refractivity contribution is 14.1. The number of pyridine rings is 1. The second-order valence-corrected chi connectivity index (χ2v) is 8.93. The largest absolute Gasteiger partial charge is 0.481 e. The van der Waals surface area contributed by atoms with Crippen LogP contribution in [0.25, 0.3) is 0 Å². The summed E-state index contributed by atoms with van der Waals surface area (Å²) in [6, 6.07) is 14.0. The number of fused-ring (bicyclic) bond motifs is 1. The summed E-state index contributed by atoms with van der Waals surface area (Å²) >= 11 is 5.61. The number of ether oxygens (including phenoxy) is 1. The van der Waals surface area contributed by atoms with E-state index in [1.165, 1.54) is 17.4 Å². The number of anilines is 1. The fraction of sp³-hybridized carbons (Fsp3) is 0.0870. The highest BCUT2D eigenvalue weighted by Crippen LogP contribution is 2.37. The minimum absolute atomic E-state index is 0.0630. The third-order valence-electron chi connectivity index (χ3n) is 4.72. The number of terminal acetylenes is 1. The normalized spacial score (nSPS) is 14.7. The lowest BCUT2D eigenvalue weighted by molar-refractivity contribution is 0.0488. The number of benzene rings is 2. The zero-order valence-corrected chi connectivity index (χ0v) is 20.3. The molecule has 0 fully saturated rings. The van der Waals surface area contributed by atoms with Crippen LogP contribution in [0.4, 0.5) is 5.69 Å². The molecule has 1 aliphatic heterocycles. The summed E-state index contributed by atoms with van der Waals surface area (Å²) in [6.45, 7) is 0.0630. The van der Waals surface area contributed by atoms with Crippen LogP contribution < -0.4 is 15.5 Å². The zero-order chi connectivity index (χ0) is 22.7. The molecule has 2 amide bonds. The predicted molar refractivity (Wildman–Crippen MR) is 132 cm³/mol. The molecular formula is C23H16BrIN4O3. The minimum atomic E-state index is -0.744. The molecule has 0 saturated heterocycles. The Kier molecular flexibility index (Phi) is 6.62. The van der Waals surface area contributed by atoms with Crippen molar-refractivity contribution in [3.63, 3.8) is 0 Å². The minimum Gasteiger partial charge on any atom is -0.481 e. The zero-order valence-electron chi connectivity index (χ0n) is 16.5. The van der Waals surface area contributed by atoms with Crippen molar-refractivity contribution in [2.75, 3.05) is 11.9 Å². The van der Waals surface area contributed by atoms with Gasteiger partial charge in [-0.3, -0.25) is 20.0 Å². The number of aromatic nitrogens is 1. The fourth-order valence-corrected chi connectivity index (χ4v) is 4.14. The van der Waals surface area contributed by atoms with Gasteiger partial charge in [0.25, 0.3) is 11.8 Å². The molecule has 2 N–H and O–H groups in total. The van der Waals surface area contributed by atoms with Gasteiger partial charge in [0.1, 0.15) is 12.4 Å². The highest BCUT2D eigenvalue weighted by Gasteiger charge is 2.36. The van der Waals surface area contributed by atoms with Crippen molar-refractivity contribution in [3.05, 3.63) is 85.7 Å². The monoisotopic (exact) mass is 602 g/mol. The lowest BCUT2D eigenvalue weighted by Crippen LogP contribution is -2.53. The lowest BCUT2D eigenvalue weighted by Gasteiger charge is -2.38. The number of carbonyl (C=O) groups is 2. The molecule has 0 spiro atoms. The highest BCUT2D eigenvalue weighted by atomic mass is 127. The summed E-state index contributed by atoms with van der Waals surface area (Å²) in [5.74, 6) is 2.14. The van der Waals surface area contributed by atoms with Crippen molar-refractivity contribution in [2.45, 2.75) is 6.17 Å². The SMILES string of the molecule is C#CCOc1ccc(Br)cc1C1Nc2ccc(I)cc2C(=O)N1NC(=O)c1ccncc1. The molecule has 3 aromatic rings. The van der Waals surface area contributed by atoms with Gasteiger partial charge in [0.15, 0.2) is 6.17 Å². The molecule has 1 aliphatic rings. The van der Waals surface area contributed by atoms with Crippen LogP contribution in [-0.4, -0.2) is 28.4 Å². The third-order valence-corrected chi connectivity index (χ3v) is 5.89. The number of halogens is 2. The van der Waals surface area contributed by atoms with Crippen molar-refractivity contribution in [2.24, 2.45) is 0 Å². The first-order chi connectivity index (χ1) is 15.5. The topological polar surface area (TPSA) is 83.6 Å². The van der Waals surface area contributed by atoms with E-state index in [0.717, 1.165) is 8.04 Å². The van der Waals surface area contributed by atoms with Gasteiger partial charge in [-0.2, -0.15) is 0 Å². The van der Waals surface area contributed by atoms with Crippen LogP contribution in [-0.2, 0) is 0 Å². The Morgan fingerprint density at radius 1 is 1.25 bits per heavy atom. The van der Waals surface area contributed by atoms with Gasteiger partial charge < -0.3 is 10.1 Å². The molecule has 2 heterocycles. The Labute approximate surface area is 206 Å². The Morgan fingerprint density at radius 3 is 2.78 bits per heavy atom. The molecule has 0 saturated carbocycles. The smallest absolute Gasteiger partial charge is 0.276 e. The maximum Gasteiger partial charge on any atom is 0.276 e. The van der Waals surface area contributed by atoms with E-state index in [-0.39, 0.29) is 12.5 Å². The Morgan fingerprint density at radius 2 is 2.03 bits per heavy atom. The molecule has 160 valence electrons. The number of hydrogen-bond donors (Lipinski definition) is 2. The molecule has 0 radical (unpaired) electrons. The average Bonchev–Trinajstić information content (AvgIpc) is 2.80. The number of hydrazine groups is 1. The molecule has 32 heavy (non-hydrogen) atoms. The molecule has 0 aliphatic carbocycles. The summed E-state index contributed by atoms with van der Waals surface area (Å²) in [6.07, 6.45) is 7.65. The van der Waals surface area contributed by atoms with Gasteiger partial charge in [-0.15, -0.1) is 6.42 Å². The van der Waals surface area contributed by atoms with Crippen LogP contribution in [0.2, 0.25) is 0 Å². The molecule has 0 bridgehead atoms. The van der Waals surface area contributed by atoms with Crippen LogP contribution in [0.3, 0.4) is 0 Å². The summed E-state index contributed by atoms with van der Waals surface area (Å²) in [7, 11) is 0. The van der Waals surface area contributed by atoms with Gasteiger partial charge in [-0.1, -0.05) is 21.9 Å². The molecule has 7 nitrogen and oxygen atoms in total. The van der Waals surface area contributed by atoms with E-state index in [0.29, 0.717) is 28.1 Å². The van der Waals surface area contributed by atoms with Crippen molar-refractivity contribution in [3.8, 4) is 18.1 Å². The van der Waals surface area contributed by atoms with Crippen LogP contribution in [0.1, 0.15) is 32.4 Å². The molecule has 4 rings (SSSR count). The number of rotatable bonds is 5. The van der Waals surface area contributed by atoms with Crippen molar-refractivity contribution in [1.82, 2.24) is 15.4 Å². The van der Waals surface area contributed by atoms with E-state index in [2.05, 4.69) is 60.2 Å². The van der Waals surface area contributed by atoms with Gasteiger partial charge in [-0.25, -0.2) is 5.01 Å². The number of carbonyl (C=O) groups excluding carboxylic acids is 2. The molecule has 9 heteroatoms. The molecular weight excluding hydrogens is 587 g/mol. The summed E-state index contributed by atoms with van der Waals surface area (Å²) in [4.78, 5) is 30.3. The number of hydrogen-bond acceptors (Lipinski definition) is 5. The van der Waals surface area contributed by atoms with Crippen molar-refractivity contribution < 1.29 is 14.3 Å². The number of nitrogens with one attached hydrogen (secondary N) is 2. The van der Waals surface area contributed by atoms with Gasteiger partial charge in [0.05, 0.1) is 5.56 Å². The fourth-order valence-electron chi connectivity index (χ4n) is 3.27. The first-order valence-corrected chi connectivity index (χ1v) is 11.3. The van der Waals surface area contributed by atoms with Gasteiger partial charge in [-0.05, 0) is 71.1 Å². The van der Waals surface area contributed by atoms with E-state index in [1.807, 2.05) is 24.3 Å². The third kappa shape index (κ3) is 4.56. The second-order valence-electron chi connectivity index (χ2n) is 6.76. The molecule has 1 unspecified atom stereocenters. The molecule has 1 atom stereocenters. The van der Waals surface area contributed by atoms with Crippen molar-refractivity contribution >= 4 is 56.0 Å². The maximum atomic E-state index is 13.5. The first kappa shape index (κ1) is 22.1. The van der Waals surface area contributed by atoms with E-state index < -0.39 is 12.1 Å². The second kappa shape index (κ2) is 9.58. The predicted octanol–water partition coefficient (Wildman–Crippen LogP) is 4.37. The van der Waals surface area contributed by atoms with E-state index >= 15 is 0 Å². The first-order valence-electron chi connectivity index (χ1n) is 9.44. The maximum absolute atomic E-state index is 13.5. The van der Waals surface area contributed by atoms with Gasteiger partial charge >= 0.3 is 0 Å². The van der Waals surface area contributed by atoms with Crippen molar-refractivity contribution in [1.29, 1.82) is 0 Å². The summed E-state index contributed by atoms with van der Waals surface area (Å²) in [5, 5.41) is 4.61. The van der Waals surface area contributed by atoms with Crippen LogP contribution in [0.15, 0.2) is 65.4 Å². The van der Waals surface area contributed by atoms with Crippen LogP contribution in [0.5, 0.6) is 5.75 Å². The number of nitrogens with zero attached hydrogens (tertiary/aromatic N) is 2. The Balaban J connectivity index is 1.79. The standard InChI is InChI=1S/C23H16BrIN4O3/c1-2-11-32-20-6-3-15(24)12-18(20)21-27-19-5-4-16(25)13-17(19)23(31)29(21)28-22(30)14-7-9-26-10-8-14/h1,3-10,12-13,21,27H,11H2,(H,28,30). The average molecular weight is 603 g/mol. The number of amides is 2. The van der Waals surface area contributed by atoms with Gasteiger partial charge in [0.2, 0.25) is 0 Å². The van der Waals surface area contributed by atoms with E-state index in [9.17, 15) is 9.59 Å². The molecule has 2 aromatic carbocycles. The van der Waals surface area contributed by atoms with E-state index in [1.54, 1.807) is 24.3 Å². The van der Waals surface area contributed by atoms with Gasteiger partial charge in [0, 0.05) is 37.3 Å². The quantitative estimate of drug-likeness (QED) is 0.335.